The third-order valence-corrected chi connectivity index (χ3v) is 1.67. The Morgan fingerprint density at radius 3 is 2.13 bits per heavy atom. The standard InChI is InChI=1S/C10H15FO4/c1-5-15-10(13)8(11)7(6(2)3)9(12)14-4/h6H,5H2,1-4H3/b8-7+. The van der Waals surface area contributed by atoms with Gasteiger partial charge >= 0.3 is 11.9 Å². The Labute approximate surface area is 88.0 Å². The Bertz CT molecular complexity index is 281. The van der Waals surface area contributed by atoms with Crippen LogP contribution in [0.4, 0.5) is 4.39 Å². The van der Waals surface area contributed by atoms with Gasteiger partial charge < -0.3 is 9.47 Å². The Morgan fingerprint density at radius 2 is 1.80 bits per heavy atom. The van der Waals surface area contributed by atoms with Crippen molar-refractivity contribution in [3.8, 4) is 0 Å². The molecule has 0 spiro atoms. The van der Waals surface area contributed by atoms with E-state index in [2.05, 4.69) is 9.47 Å². The number of halogens is 1. The summed E-state index contributed by atoms with van der Waals surface area (Å²) in [5.41, 5.74) is -0.295. The van der Waals surface area contributed by atoms with Crippen LogP contribution in [0, 0.1) is 5.92 Å². The maximum atomic E-state index is 13.4. The Morgan fingerprint density at radius 1 is 1.27 bits per heavy atom. The van der Waals surface area contributed by atoms with Gasteiger partial charge in [0.05, 0.1) is 19.3 Å². The molecule has 15 heavy (non-hydrogen) atoms. The first kappa shape index (κ1) is 13.6. The average Bonchev–Trinajstić information content (AvgIpc) is 2.17. The van der Waals surface area contributed by atoms with E-state index in [0.717, 1.165) is 7.11 Å². The summed E-state index contributed by atoms with van der Waals surface area (Å²) in [6, 6.07) is 0. The average molecular weight is 218 g/mol. The third-order valence-electron chi connectivity index (χ3n) is 1.67. The summed E-state index contributed by atoms with van der Waals surface area (Å²) in [4.78, 5) is 22.2. The first-order chi connectivity index (χ1) is 6.95. The van der Waals surface area contributed by atoms with Gasteiger partial charge in [-0.25, -0.2) is 9.59 Å². The van der Waals surface area contributed by atoms with Crippen molar-refractivity contribution < 1.29 is 23.5 Å². The summed E-state index contributed by atoms with van der Waals surface area (Å²) in [5.74, 6) is -3.61. The molecular weight excluding hydrogens is 203 g/mol. The van der Waals surface area contributed by atoms with Crippen LogP contribution < -0.4 is 0 Å². The number of esters is 2. The van der Waals surface area contributed by atoms with Gasteiger partial charge in [0.25, 0.3) is 0 Å². The van der Waals surface area contributed by atoms with E-state index in [1.165, 1.54) is 0 Å². The Balaban J connectivity index is 5.09. The maximum absolute atomic E-state index is 13.4. The smallest absolute Gasteiger partial charge is 0.367 e. The lowest BCUT2D eigenvalue weighted by Gasteiger charge is -2.10. The number of hydrogen-bond donors (Lipinski definition) is 0. The molecule has 0 radical (unpaired) electrons. The molecule has 0 aliphatic heterocycles. The van der Waals surface area contributed by atoms with Crippen LogP contribution in [0.5, 0.6) is 0 Å². The molecule has 0 aromatic rings. The number of rotatable bonds is 4. The predicted molar refractivity (Wildman–Crippen MR) is 51.6 cm³/mol. The van der Waals surface area contributed by atoms with Crippen molar-refractivity contribution in [1.82, 2.24) is 0 Å². The second kappa shape index (κ2) is 6.16. The summed E-state index contributed by atoms with van der Waals surface area (Å²) in [6.07, 6.45) is 0. The molecule has 0 saturated carbocycles. The molecule has 0 aliphatic rings. The molecule has 4 nitrogen and oxygen atoms in total. The molecule has 0 unspecified atom stereocenters. The summed E-state index contributed by atoms with van der Waals surface area (Å²) in [6.45, 7) is 4.79. The fourth-order valence-corrected chi connectivity index (χ4v) is 0.993. The van der Waals surface area contributed by atoms with Crippen LogP contribution in [0.15, 0.2) is 11.4 Å². The van der Waals surface area contributed by atoms with Gasteiger partial charge in [-0.15, -0.1) is 0 Å². The van der Waals surface area contributed by atoms with Gasteiger partial charge in [-0.1, -0.05) is 13.8 Å². The van der Waals surface area contributed by atoms with Crippen molar-refractivity contribution in [3.05, 3.63) is 11.4 Å². The number of ether oxygens (including phenoxy) is 2. The lowest BCUT2D eigenvalue weighted by atomic mass is 10.0. The molecule has 0 fully saturated rings. The van der Waals surface area contributed by atoms with Crippen LogP contribution in [0.2, 0.25) is 0 Å². The second-order valence-electron chi connectivity index (χ2n) is 3.09. The van der Waals surface area contributed by atoms with E-state index in [1.54, 1.807) is 20.8 Å². The zero-order valence-corrected chi connectivity index (χ0v) is 9.30. The van der Waals surface area contributed by atoms with Gasteiger partial charge in [-0.2, -0.15) is 4.39 Å². The molecule has 0 aliphatic carbocycles. The molecule has 86 valence electrons. The van der Waals surface area contributed by atoms with Gasteiger partial charge in [0, 0.05) is 0 Å². The molecule has 0 rings (SSSR count). The fraction of sp³-hybridized carbons (Fsp3) is 0.600. The molecule has 0 aromatic carbocycles. The van der Waals surface area contributed by atoms with Crippen LogP contribution in [0.25, 0.3) is 0 Å². The van der Waals surface area contributed by atoms with Crippen molar-refractivity contribution >= 4 is 11.9 Å². The highest BCUT2D eigenvalue weighted by atomic mass is 19.1. The highest BCUT2D eigenvalue weighted by molar-refractivity contribution is 5.99. The largest absolute Gasteiger partial charge is 0.466 e. The van der Waals surface area contributed by atoms with Crippen molar-refractivity contribution in [1.29, 1.82) is 0 Å². The molecule has 0 saturated heterocycles. The summed E-state index contributed by atoms with van der Waals surface area (Å²) >= 11 is 0. The van der Waals surface area contributed by atoms with Crippen LogP contribution >= 0.6 is 0 Å². The zero-order valence-electron chi connectivity index (χ0n) is 9.30. The second-order valence-corrected chi connectivity index (χ2v) is 3.09. The van der Waals surface area contributed by atoms with Gasteiger partial charge in [0.15, 0.2) is 0 Å². The van der Waals surface area contributed by atoms with E-state index in [1.807, 2.05) is 0 Å². The fourth-order valence-electron chi connectivity index (χ4n) is 0.993. The van der Waals surface area contributed by atoms with E-state index in [0.29, 0.717) is 0 Å². The van der Waals surface area contributed by atoms with Crippen molar-refractivity contribution in [2.45, 2.75) is 20.8 Å². The number of carbonyl (C=O) groups is 2. The van der Waals surface area contributed by atoms with E-state index >= 15 is 0 Å². The lowest BCUT2D eigenvalue weighted by molar-refractivity contribution is -0.142. The molecule has 0 atom stereocenters. The number of hydrogen-bond acceptors (Lipinski definition) is 4. The van der Waals surface area contributed by atoms with Gasteiger partial charge in [-0.05, 0) is 12.8 Å². The van der Waals surface area contributed by atoms with E-state index in [-0.39, 0.29) is 12.2 Å². The predicted octanol–water partition coefficient (Wildman–Crippen LogP) is 1.60. The van der Waals surface area contributed by atoms with Gasteiger partial charge in [0.2, 0.25) is 5.83 Å². The molecule has 5 heteroatoms. The van der Waals surface area contributed by atoms with Gasteiger partial charge in [0.1, 0.15) is 0 Å². The Kier molecular flexibility index (Phi) is 5.59. The minimum atomic E-state index is -1.18. The summed E-state index contributed by atoms with van der Waals surface area (Å²) in [7, 11) is 1.13. The highest BCUT2D eigenvalue weighted by Gasteiger charge is 2.25. The van der Waals surface area contributed by atoms with Crippen molar-refractivity contribution in [3.63, 3.8) is 0 Å². The van der Waals surface area contributed by atoms with E-state index in [9.17, 15) is 14.0 Å². The van der Waals surface area contributed by atoms with Crippen LogP contribution in [0.3, 0.4) is 0 Å². The quantitative estimate of drug-likeness (QED) is 0.531. The molecule has 0 aromatic heterocycles. The van der Waals surface area contributed by atoms with Crippen LogP contribution in [-0.4, -0.2) is 25.7 Å². The van der Waals surface area contributed by atoms with E-state index in [4.69, 9.17) is 0 Å². The molecule has 0 N–H and O–H groups in total. The number of methoxy groups -OCH3 is 1. The third kappa shape index (κ3) is 3.69. The molecule has 0 heterocycles. The van der Waals surface area contributed by atoms with E-state index < -0.39 is 23.7 Å². The first-order valence-corrected chi connectivity index (χ1v) is 4.60. The lowest BCUT2D eigenvalue weighted by Crippen LogP contribution is -2.17. The molecule has 0 amide bonds. The summed E-state index contributed by atoms with van der Waals surface area (Å²) < 4.78 is 22.3. The molecular formula is C10H15FO4. The highest BCUT2D eigenvalue weighted by Crippen LogP contribution is 2.18. The zero-order chi connectivity index (χ0) is 12.0. The summed E-state index contributed by atoms with van der Waals surface area (Å²) in [5, 5.41) is 0. The minimum Gasteiger partial charge on any atom is -0.466 e. The van der Waals surface area contributed by atoms with Crippen molar-refractivity contribution in [2.75, 3.05) is 13.7 Å². The van der Waals surface area contributed by atoms with Crippen LogP contribution in [-0.2, 0) is 19.1 Å². The number of carbonyl (C=O) groups excluding carboxylic acids is 2. The SMILES string of the molecule is CCOC(=O)/C(F)=C(\C(=O)OC)C(C)C. The normalized spacial score (nSPS) is 12.1. The Hall–Kier alpha value is -1.39. The van der Waals surface area contributed by atoms with Crippen molar-refractivity contribution in [2.24, 2.45) is 5.92 Å². The maximum Gasteiger partial charge on any atom is 0.367 e. The van der Waals surface area contributed by atoms with Crippen LogP contribution in [0.1, 0.15) is 20.8 Å². The van der Waals surface area contributed by atoms with Gasteiger partial charge in [-0.3, -0.25) is 0 Å². The molecule has 0 bridgehead atoms. The minimum absolute atomic E-state index is 0.0544. The first-order valence-electron chi connectivity index (χ1n) is 4.60. The monoisotopic (exact) mass is 218 g/mol. The topological polar surface area (TPSA) is 52.6 Å².